The minimum absolute atomic E-state index is 0.291. The van der Waals surface area contributed by atoms with Gasteiger partial charge in [-0.2, -0.15) is 9.97 Å². The molecule has 1 saturated heterocycles. The van der Waals surface area contributed by atoms with Gasteiger partial charge in [0.25, 0.3) is 0 Å². The standard InChI is InChI=1S/C23H27N7O2/c1-14-11-17-16(3)19(6-5-18(17)24-14)31-23-26-20(25-21-12-15(2)32-28-21)13-22(27-23)30-9-7-29(4)8-10-30/h5-6,11-13,24H,7-10H2,1-4H3,(H,25,26,27,28). The molecule has 32 heavy (non-hydrogen) atoms. The highest BCUT2D eigenvalue weighted by molar-refractivity contribution is 5.86. The van der Waals surface area contributed by atoms with Crippen LogP contribution in [0.4, 0.5) is 17.5 Å². The van der Waals surface area contributed by atoms with Crippen LogP contribution >= 0.6 is 0 Å². The third-order valence-electron chi connectivity index (χ3n) is 5.76. The van der Waals surface area contributed by atoms with Crippen molar-refractivity contribution < 1.29 is 9.26 Å². The van der Waals surface area contributed by atoms with E-state index < -0.39 is 0 Å². The van der Waals surface area contributed by atoms with Crippen LogP contribution in [0.15, 0.2) is 34.9 Å². The Balaban J connectivity index is 1.49. The average molecular weight is 434 g/mol. The summed E-state index contributed by atoms with van der Waals surface area (Å²) in [5.41, 5.74) is 3.24. The molecule has 0 amide bonds. The molecule has 0 saturated carbocycles. The Hall–Kier alpha value is -3.59. The van der Waals surface area contributed by atoms with E-state index in [-0.39, 0.29) is 0 Å². The van der Waals surface area contributed by atoms with Crippen molar-refractivity contribution in [3.8, 4) is 11.8 Å². The number of benzene rings is 1. The minimum Gasteiger partial charge on any atom is -0.424 e. The number of aryl methyl sites for hydroxylation is 3. The molecule has 4 heterocycles. The maximum Gasteiger partial charge on any atom is 0.325 e. The summed E-state index contributed by atoms with van der Waals surface area (Å²) in [6.07, 6.45) is 0. The molecule has 3 aromatic heterocycles. The molecule has 2 N–H and O–H groups in total. The molecule has 9 heteroatoms. The van der Waals surface area contributed by atoms with Gasteiger partial charge in [-0.1, -0.05) is 5.16 Å². The second-order valence-corrected chi connectivity index (χ2v) is 8.34. The molecule has 166 valence electrons. The second-order valence-electron chi connectivity index (χ2n) is 8.34. The van der Waals surface area contributed by atoms with E-state index in [1.54, 1.807) is 0 Å². The van der Waals surface area contributed by atoms with Gasteiger partial charge in [-0.05, 0) is 46.0 Å². The fourth-order valence-corrected chi connectivity index (χ4v) is 3.95. The number of rotatable bonds is 5. The van der Waals surface area contributed by atoms with Crippen molar-refractivity contribution in [2.75, 3.05) is 43.4 Å². The molecule has 0 bridgehead atoms. The Morgan fingerprint density at radius 1 is 1.00 bits per heavy atom. The monoisotopic (exact) mass is 433 g/mol. The number of piperazine rings is 1. The number of nitrogens with zero attached hydrogens (tertiary/aromatic N) is 5. The minimum atomic E-state index is 0.291. The first-order valence-corrected chi connectivity index (χ1v) is 10.7. The van der Waals surface area contributed by atoms with Crippen molar-refractivity contribution >= 4 is 28.4 Å². The molecule has 0 unspecified atom stereocenters. The van der Waals surface area contributed by atoms with E-state index in [2.05, 4.69) is 43.4 Å². The number of aromatic nitrogens is 4. The van der Waals surface area contributed by atoms with Crippen molar-refractivity contribution in [1.82, 2.24) is 25.0 Å². The number of aromatic amines is 1. The van der Waals surface area contributed by atoms with E-state index in [0.717, 1.165) is 65.7 Å². The van der Waals surface area contributed by atoms with Crippen LogP contribution in [0.3, 0.4) is 0 Å². The first kappa shape index (κ1) is 20.3. The summed E-state index contributed by atoms with van der Waals surface area (Å²) in [6.45, 7) is 9.69. The van der Waals surface area contributed by atoms with Crippen molar-refractivity contribution in [3.63, 3.8) is 0 Å². The summed E-state index contributed by atoms with van der Waals surface area (Å²) < 4.78 is 11.4. The van der Waals surface area contributed by atoms with E-state index >= 15 is 0 Å². The molecule has 0 spiro atoms. The van der Waals surface area contributed by atoms with Gasteiger partial charge in [0.1, 0.15) is 23.1 Å². The van der Waals surface area contributed by atoms with Crippen LogP contribution < -0.4 is 15.0 Å². The summed E-state index contributed by atoms with van der Waals surface area (Å²) >= 11 is 0. The molecule has 0 atom stereocenters. The van der Waals surface area contributed by atoms with Crippen molar-refractivity contribution in [2.45, 2.75) is 20.8 Å². The highest BCUT2D eigenvalue weighted by atomic mass is 16.5. The zero-order chi connectivity index (χ0) is 22.2. The molecule has 0 radical (unpaired) electrons. The summed E-state index contributed by atoms with van der Waals surface area (Å²) in [4.78, 5) is 17.3. The summed E-state index contributed by atoms with van der Waals surface area (Å²) in [6, 6.07) is 10.1. The predicted molar refractivity (Wildman–Crippen MR) is 124 cm³/mol. The first-order valence-electron chi connectivity index (χ1n) is 10.7. The van der Waals surface area contributed by atoms with Crippen molar-refractivity contribution in [3.05, 3.63) is 47.3 Å². The maximum absolute atomic E-state index is 6.21. The van der Waals surface area contributed by atoms with E-state index in [9.17, 15) is 0 Å². The Bertz CT molecular complexity index is 1250. The molecule has 0 aliphatic carbocycles. The lowest BCUT2D eigenvalue weighted by atomic mass is 10.1. The van der Waals surface area contributed by atoms with Gasteiger partial charge >= 0.3 is 6.01 Å². The molecule has 4 aromatic rings. The molecule has 5 rings (SSSR count). The SMILES string of the molecule is Cc1cc2c(C)c(Oc3nc(Nc4cc(C)on4)cc(N4CCN(C)CC4)n3)ccc2[nH]1. The number of fused-ring (bicyclic) bond motifs is 1. The van der Waals surface area contributed by atoms with Crippen LogP contribution in [0.5, 0.6) is 11.8 Å². The third kappa shape index (κ3) is 4.11. The molecular weight excluding hydrogens is 406 g/mol. The zero-order valence-corrected chi connectivity index (χ0v) is 18.8. The predicted octanol–water partition coefficient (Wildman–Crippen LogP) is 4.16. The van der Waals surface area contributed by atoms with Crippen LogP contribution in [-0.2, 0) is 0 Å². The number of hydrogen-bond acceptors (Lipinski definition) is 8. The Morgan fingerprint density at radius 3 is 2.56 bits per heavy atom. The fourth-order valence-electron chi connectivity index (χ4n) is 3.95. The fraction of sp³-hybridized carbons (Fsp3) is 0.348. The van der Waals surface area contributed by atoms with Gasteiger partial charge in [0.15, 0.2) is 5.82 Å². The molecule has 1 aliphatic rings. The van der Waals surface area contributed by atoms with E-state index in [4.69, 9.17) is 14.2 Å². The van der Waals surface area contributed by atoms with Gasteiger partial charge in [0.05, 0.1) is 0 Å². The van der Waals surface area contributed by atoms with E-state index in [1.165, 1.54) is 0 Å². The normalized spacial score (nSPS) is 14.8. The van der Waals surface area contributed by atoms with Gasteiger partial charge in [0, 0.05) is 60.5 Å². The lowest BCUT2D eigenvalue weighted by Gasteiger charge is -2.33. The Labute approximate surface area is 186 Å². The van der Waals surface area contributed by atoms with Crippen LogP contribution in [0.25, 0.3) is 10.9 Å². The van der Waals surface area contributed by atoms with Crippen LogP contribution in [0.2, 0.25) is 0 Å². The van der Waals surface area contributed by atoms with Gasteiger partial charge in [-0.15, -0.1) is 0 Å². The van der Waals surface area contributed by atoms with Crippen LogP contribution in [-0.4, -0.2) is 58.2 Å². The number of nitrogens with one attached hydrogen (secondary N) is 2. The van der Waals surface area contributed by atoms with Crippen molar-refractivity contribution in [1.29, 1.82) is 0 Å². The molecular formula is C23H27N7O2. The van der Waals surface area contributed by atoms with Gasteiger partial charge < -0.3 is 29.4 Å². The van der Waals surface area contributed by atoms with Crippen molar-refractivity contribution in [2.24, 2.45) is 0 Å². The quantitative estimate of drug-likeness (QED) is 0.484. The number of likely N-dealkylation sites (N-methyl/N-ethyl adjacent to an activating group) is 1. The smallest absolute Gasteiger partial charge is 0.325 e. The van der Waals surface area contributed by atoms with Crippen LogP contribution in [0.1, 0.15) is 17.0 Å². The highest BCUT2D eigenvalue weighted by Crippen LogP contribution is 2.32. The summed E-state index contributed by atoms with van der Waals surface area (Å²) in [5.74, 6) is 3.48. The topological polar surface area (TPSA) is 95.3 Å². The van der Waals surface area contributed by atoms with E-state index in [1.807, 2.05) is 45.0 Å². The van der Waals surface area contributed by atoms with E-state index in [0.29, 0.717) is 17.6 Å². The largest absolute Gasteiger partial charge is 0.424 e. The molecule has 9 nitrogen and oxygen atoms in total. The van der Waals surface area contributed by atoms with Crippen LogP contribution in [0, 0.1) is 20.8 Å². The lowest BCUT2D eigenvalue weighted by Crippen LogP contribution is -2.44. The summed E-state index contributed by atoms with van der Waals surface area (Å²) in [7, 11) is 2.13. The van der Waals surface area contributed by atoms with Gasteiger partial charge in [-0.25, -0.2) is 0 Å². The third-order valence-corrected chi connectivity index (χ3v) is 5.76. The number of anilines is 3. The lowest BCUT2D eigenvalue weighted by molar-refractivity contribution is 0.311. The molecule has 1 fully saturated rings. The number of H-pyrrole nitrogens is 1. The number of hydrogen-bond donors (Lipinski definition) is 2. The molecule has 1 aliphatic heterocycles. The Morgan fingerprint density at radius 2 is 1.81 bits per heavy atom. The summed E-state index contributed by atoms with van der Waals surface area (Å²) in [5, 5.41) is 8.36. The highest BCUT2D eigenvalue weighted by Gasteiger charge is 2.19. The maximum atomic E-state index is 6.21. The molecule has 1 aromatic carbocycles. The Kier molecular flexibility index (Phi) is 5.18. The number of ether oxygens (including phenoxy) is 1. The van der Waals surface area contributed by atoms with Gasteiger partial charge in [-0.3, -0.25) is 0 Å². The van der Waals surface area contributed by atoms with Gasteiger partial charge in [0.2, 0.25) is 0 Å². The average Bonchev–Trinajstić information content (AvgIpc) is 3.35. The second kappa shape index (κ2) is 8.16. The first-order chi connectivity index (χ1) is 15.4. The zero-order valence-electron chi connectivity index (χ0n) is 18.8.